The van der Waals surface area contributed by atoms with Crippen molar-refractivity contribution in [3.8, 4) is 5.75 Å². The molecule has 1 aromatic carbocycles. The minimum Gasteiger partial charge on any atom is -0.507 e. The van der Waals surface area contributed by atoms with Crippen molar-refractivity contribution in [3.05, 3.63) is 28.7 Å². The van der Waals surface area contributed by atoms with Gasteiger partial charge in [0.2, 0.25) is 9.84 Å². The van der Waals surface area contributed by atoms with Crippen LogP contribution in [-0.2, 0) is 9.84 Å². The molecule has 0 aromatic heterocycles. The van der Waals surface area contributed by atoms with Gasteiger partial charge in [-0.3, -0.25) is 4.90 Å². The molecule has 0 unspecified atom stereocenters. The zero-order valence-corrected chi connectivity index (χ0v) is 11.3. The number of nitrogens with zero attached hydrogens (tertiary/aromatic N) is 1. The van der Waals surface area contributed by atoms with Gasteiger partial charge in [0.15, 0.2) is 0 Å². The van der Waals surface area contributed by atoms with Crippen LogP contribution >= 0.6 is 0 Å². The Morgan fingerprint density at radius 2 is 2.00 bits per heavy atom. The van der Waals surface area contributed by atoms with Gasteiger partial charge < -0.3 is 10.4 Å². The molecule has 3 rings (SSSR count). The molecule has 0 atom stereocenters. The molecule has 1 aromatic rings. The van der Waals surface area contributed by atoms with E-state index in [0.717, 1.165) is 26.2 Å². The van der Waals surface area contributed by atoms with Gasteiger partial charge in [0.05, 0.1) is 9.80 Å². The average Bonchev–Trinajstić information content (AvgIpc) is 2.65. The van der Waals surface area contributed by atoms with Crippen LogP contribution in [0.5, 0.6) is 5.75 Å². The highest BCUT2D eigenvalue weighted by Gasteiger charge is 2.32. The number of piperazine rings is 1. The fourth-order valence-electron chi connectivity index (χ4n) is 2.51. The van der Waals surface area contributed by atoms with E-state index in [-0.39, 0.29) is 10.6 Å². The van der Waals surface area contributed by atoms with Gasteiger partial charge in [-0.05, 0) is 18.2 Å². The molecule has 0 amide bonds. The second-order valence-electron chi connectivity index (χ2n) is 4.83. The summed E-state index contributed by atoms with van der Waals surface area (Å²) in [5.74, 6) is 0.0244. The Kier molecular flexibility index (Phi) is 3.08. The van der Waals surface area contributed by atoms with Crippen molar-refractivity contribution in [2.24, 2.45) is 0 Å². The highest BCUT2D eigenvalue weighted by atomic mass is 32.2. The maximum absolute atomic E-state index is 12.4. The summed E-state index contributed by atoms with van der Waals surface area (Å²) < 4.78 is 24.8. The first-order chi connectivity index (χ1) is 9.09. The Labute approximate surface area is 112 Å². The molecule has 1 saturated heterocycles. The second kappa shape index (κ2) is 4.63. The lowest BCUT2D eigenvalue weighted by Gasteiger charge is -2.27. The number of hydrogen-bond acceptors (Lipinski definition) is 5. The lowest BCUT2D eigenvalue weighted by Crippen LogP contribution is -2.44. The number of nitrogens with one attached hydrogen (secondary N) is 1. The topological polar surface area (TPSA) is 69.6 Å². The summed E-state index contributed by atoms with van der Waals surface area (Å²) in [6, 6.07) is 4.62. The normalized spacial score (nSPS) is 22.0. The van der Waals surface area contributed by atoms with Gasteiger partial charge in [-0.15, -0.1) is 0 Å². The molecule has 19 heavy (non-hydrogen) atoms. The molecule has 2 N–H and O–H groups in total. The van der Waals surface area contributed by atoms with E-state index in [0.29, 0.717) is 17.0 Å². The standard InChI is InChI=1S/C13H16N2O3S/c16-12-2-1-3-13-11(12)8-10(19(13,17)18)9-15-6-4-14-5-7-15/h1-3,8,14,16H,4-7,9H2. The van der Waals surface area contributed by atoms with Crippen LogP contribution in [0.15, 0.2) is 28.0 Å². The van der Waals surface area contributed by atoms with Crippen molar-refractivity contribution < 1.29 is 13.5 Å². The summed E-state index contributed by atoms with van der Waals surface area (Å²) in [6.45, 7) is 3.86. The van der Waals surface area contributed by atoms with Crippen molar-refractivity contribution in [3.63, 3.8) is 0 Å². The van der Waals surface area contributed by atoms with Crippen molar-refractivity contribution in [1.29, 1.82) is 0 Å². The van der Waals surface area contributed by atoms with Crippen LogP contribution in [0, 0.1) is 0 Å². The monoisotopic (exact) mass is 280 g/mol. The fourth-order valence-corrected chi connectivity index (χ4v) is 4.13. The van der Waals surface area contributed by atoms with Gasteiger partial charge in [-0.25, -0.2) is 8.42 Å². The van der Waals surface area contributed by atoms with E-state index in [4.69, 9.17) is 0 Å². The number of benzene rings is 1. The quantitative estimate of drug-likeness (QED) is 0.822. The molecule has 102 valence electrons. The van der Waals surface area contributed by atoms with Crippen molar-refractivity contribution in [1.82, 2.24) is 10.2 Å². The van der Waals surface area contributed by atoms with Crippen LogP contribution in [0.1, 0.15) is 5.56 Å². The molecule has 5 nitrogen and oxygen atoms in total. The van der Waals surface area contributed by atoms with E-state index in [1.165, 1.54) is 6.07 Å². The predicted octanol–water partition coefficient (Wildman–Crippen LogP) is 0.426. The van der Waals surface area contributed by atoms with E-state index < -0.39 is 9.84 Å². The number of phenolic OH excluding ortho intramolecular Hbond substituents is 1. The largest absolute Gasteiger partial charge is 0.507 e. The van der Waals surface area contributed by atoms with Crippen LogP contribution in [0.2, 0.25) is 0 Å². The summed E-state index contributed by atoms with van der Waals surface area (Å²) in [7, 11) is -3.43. The number of phenols is 1. The van der Waals surface area contributed by atoms with Crippen molar-refractivity contribution in [2.45, 2.75) is 4.90 Å². The summed E-state index contributed by atoms with van der Waals surface area (Å²) >= 11 is 0. The Morgan fingerprint density at radius 1 is 1.26 bits per heavy atom. The van der Waals surface area contributed by atoms with E-state index in [2.05, 4.69) is 10.2 Å². The van der Waals surface area contributed by atoms with Crippen LogP contribution in [0.4, 0.5) is 0 Å². The third-order valence-electron chi connectivity index (χ3n) is 3.57. The van der Waals surface area contributed by atoms with Crippen LogP contribution < -0.4 is 5.32 Å². The molecule has 2 aliphatic heterocycles. The van der Waals surface area contributed by atoms with E-state index >= 15 is 0 Å². The highest BCUT2D eigenvalue weighted by Crippen LogP contribution is 2.37. The zero-order chi connectivity index (χ0) is 13.5. The average molecular weight is 280 g/mol. The number of fused-ring (bicyclic) bond motifs is 1. The number of rotatable bonds is 2. The number of aromatic hydroxyl groups is 1. The molecule has 0 spiro atoms. The highest BCUT2D eigenvalue weighted by molar-refractivity contribution is 7.95. The maximum atomic E-state index is 12.4. The molecular weight excluding hydrogens is 264 g/mol. The van der Waals surface area contributed by atoms with E-state index in [1.54, 1.807) is 18.2 Å². The van der Waals surface area contributed by atoms with Crippen LogP contribution in [0.25, 0.3) is 6.08 Å². The Hall–Kier alpha value is -1.37. The third kappa shape index (κ3) is 2.16. The minimum absolute atomic E-state index is 0.0244. The third-order valence-corrected chi connectivity index (χ3v) is 5.44. The Balaban J connectivity index is 1.92. The summed E-state index contributed by atoms with van der Waals surface area (Å²) in [6.07, 6.45) is 1.60. The Bertz CT molecular complexity index is 631. The van der Waals surface area contributed by atoms with E-state index in [1.807, 2.05) is 0 Å². The molecule has 2 heterocycles. The SMILES string of the molecule is O=S1(=O)C(CN2CCNCC2)=Cc2c(O)cccc21. The molecular formula is C13H16N2O3S. The van der Waals surface area contributed by atoms with Crippen molar-refractivity contribution in [2.75, 3.05) is 32.7 Å². The maximum Gasteiger partial charge on any atom is 0.204 e. The summed E-state index contributed by atoms with van der Waals surface area (Å²) in [5.41, 5.74) is 0.424. The Morgan fingerprint density at radius 3 is 2.68 bits per heavy atom. The van der Waals surface area contributed by atoms with Crippen LogP contribution in [0.3, 0.4) is 0 Å². The minimum atomic E-state index is -3.43. The molecule has 2 aliphatic rings. The fraction of sp³-hybridized carbons (Fsp3) is 0.385. The molecule has 1 fully saturated rings. The lowest BCUT2D eigenvalue weighted by molar-refractivity contribution is 0.263. The molecule has 0 radical (unpaired) electrons. The zero-order valence-electron chi connectivity index (χ0n) is 10.5. The van der Waals surface area contributed by atoms with Gasteiger partial charge in [0.1, 0.15) is 5.75 Å². The summed E-state index contributed by atoms with van der Waals surface area (Å²) in [5, 5.41) is 13.0. The molecule has 0 aliphatic carbocycles. The smallest absolute Gasteiger partial charge is 0.204 e. The van der Waals surface area contributed by atoms with Crippen molar-refractivity contribution >= 4 is 15.9 Å². The first kappa shape index (κ1) is 12.7. The van der Waals surface area contributed by atoms with Gasteiger partial charge in [-0.1, -0.05) is 6.07 Å². The molecule has 0 bridgehead atoms. The molecule has 0 saturated carbocycles. The number of sulfone groups is 1. The predicted molar refractivity (Wildman–Crippen MR) is 72.6 cm³/mol. The molecule has 6 heteroatoms. The van der Waals surface area contributed by atoms with Gasteiger partial charge in [0, 0.05) is 38.3 Å². The van der Waals surface area contributed by atoms with Crippen LogP contribution in [-0.4, -0.2) is 51.1 Å². The number of hydrogen-bond donors (Lipinski definition) is 2. The van der Waals surface area contributed by atoms with Gasteiger partial charge in [0.25, 0.3) is 0 Å². The van der Waals surface area contributed by atoms with E-state index in [9.17, 15) is 13.5 Å². The first-order valence-corrected chi connectivity index (χ1v) is 7.78. The lowest BCUT2D eigenvalue weighted by atomic mass is 10.2. The van der Waals surface area contributed by atoms with Gasteiger partial charge >= 0.3 is 0 Å². The summed E-state index contributed by atoms with van der Waals surface area (Å²) in [4.78, 5) is 2.71. The first-order valence-electron chi connectivity index (χ1n) is 6.30. The van der Waals surface area contributed by atoms with Gasteiger partial charge in [-0.2, -0.15) is 0 Å². The second-order valence-corrected chi connectivity index (χ2v) is 6.80.